The summed E-state index contributed by atoms with van der Waals surface area (Å²) >= 11 is 7.38. The third-order valence-corrected chi connectivity index (χ3v) is 5.96. The highest BCUT2D eigenvalue weighted by Gasteiger charge is 2.16. The molecule has 0 unspecified atom stereocenters. The highest BCUT2D eigenvalue weighted by Crippen LogP contribution is 2.26. The fourth-order valence-corrected chi connectivity index (χ4v) is 4.31. The molecule has 2 aromatic heterocycles. The molecule has 1 amide bonds. The lowest BCUT2D eigenvalue weighted by molar-refractivity contribution is 0.0969. The fourth-order valence-electron chi connectivity index (χ4n) is 3.37. The first kappa shape index (κ1) is 20.6. The van der Waals surface area contributed by atoms with Crippen molar-refractivity contribution in [2.45, 2.75) is 32.6 Å². The van der Waals surface area contributed by atoms with E-state index in [2.05, 4.69) is 30.5 Å². The van der Waals surface area contributed by atoms with Gasteiger partial charge in [0.25, 0.3) is 5.91 Å². The SMILES string of the molecule is Cc1nc(Nc2ncc(C(=O)NC3=CC=CC=C(Cl)C3)s2)cc(N2CCCCC2)n1. The van der Waals surface area contributed by atoms with Crippen LogP contribution in [0.5, 0.6) is 0 Å². The van der Waals surface area contributed by atoms with E-state index in [1.807, 2.05) is 37.3 Å². The van der Waals surface area contributed by atoms with E-state index in [1.54, 1.807) is 6.20 Å². The van der Waals surface area contributed by atoms with Crippen LogP contribution in [0.15, 0.2) is 47.3 Å². The second-order valence-electron chi connectivity index (χ2n) is 7.18. The number of amides is 1. The molecule has 1 aliphatic carbocycles. The maximum Gasteiger partial charge on any atom is 0.267 e. The maximum absolute atomic E-state index is 12.6. The zero-order chi connectivity index (χ0) is 20.9. The van der Waals surface area contributed by atoms with E-state index in [0.29, 0.717) is 33.1 Å². The van der Waals surface area contributed by atoms with Gasteiger partial charge in [0, 0.05) is 36.3 Å². The van der Waals surface area contributed by atoms with Crippen LogP contribution in [0.3, 0.4) is 0 Å². The Balaban J connectivity index is 1.43. The van der Waals surface area contributed by atoms with Crippen LogP contribution in [0.2, 0.25) is 0 Å². The topological polar surface area (TPSA) is 83.0 Å². The molecule has 4 rings (SSSR count). The first-order valence-electron chi connectivity index (χ1n) is 9.93. The number of nitrogens with one attached hydrogen (secondary N) is 2. The molecule has 156 valence electrons. The Bertz CT molecular complexity index is 1020. The van der Waals surface area contributed by atoms with Crippen molar-refractivity contribution >= 4 is 45.6 Å². The Morgan fingerprint density at radius 3 is 2.80 bits per heavy atom. The van der Waals surface area contributed by atoms with Gasteiger partial charge in [-0.3, -0.25) is 4.79 Å². The average molecular weight is 443 g/mol. The first-order valence-corrected chi connectivity index (χ1v) is 11.1. The van der Waals surface area contributed by atoms with Crippen LogP contribution in [-0.4, -0.2) is 33.9 Å². The number of piperidine rings is 1. The number of allylic oxidation sites excluding steroid dienone is 5. The molecule has 9 heteroatoms. The Kier molecular flexibility index (Phi) is 6.44. The van der Waals surface area contributed by atoms with E-state index in [1.165, 1.54) is 30.6 Å². The van der Waals surface area contributed by atoms with Crippen LogP contribution in [0.25, 0.3) is 0 Å². The average Bonchev–Trinajstić information content (AvgIpc) is 3.10. The summed E-state index contributed by atoms with van der Waals surface area (Å²) in [7, 11) is 0. The molecule has 0 atom stereocenters. The Morgan fingerprint density at radius 1 is 1.17 bits per heavy atom. The minimum absolute atomic E-state index is 0.209. The van der Waals surface area contributed by atoms with E-state index < -0.39 is 0 Å². The van der Waals surface area contributed by atoms with Crippen LogP contribution < -0.4 is 15.5 Å². The van der Waals surface area contributed by atoms with Crippen LogP contribution in [0.4, 0.5) is 16.8 Å². The Labute approximate surface area is 184 Å². The monoisotopic (exact) mass is 442 g/mol. The molecule has 2 N–H and O–H groups in total. The van der Waals surface area contributed by atoms with Gasteiger partial charge in [-0.2, -0.15) is 0 Å². The van der Waals surface area contributed by atoms with E-state index in [0.717, 1.165) is 24.6 Å². The van der Waals surface area contributed by atoms with Crippen LogP contribution in [0, 0.1) is 6.92 Å². The zero-order valence-electron chi connectivity index (χ0n) is 16.7. The summed E-state index contributed by atoms with van der Waals surface area (Å²) in [4.78, 5) is 28.8. The van der Waals surface area contributed by atoms with Crippen molar-refractivity contribution < 1.29 is 4.79 Å². The van der Waals surface area contributed by atoms with Crippen LogP contribution >= 0.6 is 22.9 Å². The molecular formula is C21H23ClN6OS. The molecule has 0 bridgehead atoms. The maximum atomic E-state index is 12.6. The zero-order valence-corrected chi connectivity index (χ0v) is 18.3. The molecule has 1 saturated heterocycles. The lowest BCUT2D eigenvalue weighted by atomic mass is 10.1. The van der Waals surface area contributed by atoms with Gasteiger partial charge in [0.15, 0.2) is 5.13 Å². The molecular weight excluding hydrogens is 420 g/mol. The van der Waals surface area contributed by atoms with Gasteiger partial charge in [-0.05, 0) is 38.3 Å². The van der Waals surface area contributed by atoms with Crippen molar-refractivity contribution in [3.05, 3.63) is 58.0 Å². The predicted octanol–water partition coefficient (Wildman–Crippen LogP) is 4.67. The van der Waals surface area contributed by atoms with E-state index in [9.17, 15) is 4.79 Å². The quantitative estimate of drug-likeness (QED) is 0.700. The Morgan fingerprint density at radius 2 is 1.97 bits per heavy atom. The molecule has 1 fully saturated rings. The molecule has 0 radical (unpaired) electrons. The van der Waals surface area contributed by atoms with Crippen molar-refractivity contribution in [1.29, 1.82) is 0 Å². The third-order valence-electron chi connectivity index (χ3n) is 4.79. The number of rotatable bonds is 5. The molecule has 0 spiro atoms. The predicted molar refractivity (Wildman–Crippen MR) is 121 cm³/mol. The van der Waals surface area contributed by atoms with Gasteiger partial charge in [-0.1, -0.05) is 35.1 Å². The summed E-state index contributed by atoms with van der Waals surface area (Å²) < 4.78 is 0. The minimum Gasteiger partial charge on any atom is -0.356 e. The van der Waals surface area contributed by atoms with Gasteiger partial charge < -0.3 is 15.5 Å². The summed E-state index contributed by atoms with van der Waals surface area (Å²) in [5.41, 5.74) is 0.746. The van der Waals surface area contributed by atoms with Crippen molar-refractivity contribution in [1.82, 2.24) is 20.3 Å². The second kappa shape index (κ2) is 9.40. The molecule has 7 nitrogen and oxygen atoms in total. The van der Waals surface area contributed by atoms with E-state index in [-0.39, 0.29) is 5.91 Å². The van der Waals surface area contributed by atoms with Gasteiger partial charge in [0.05, 0.1) is 6.20 Å². The van der Waals surface area contributed by atoms with Crippen molar-refractivity contribution in [2.24, 2.45) is 0 Å². The summed E-state index contributed by atoms with van der Waals surface area (Å²) in [6, 6.07) is 1.94. The Hall–Kier alpha value is -2.71. The summed E-state index contributed by atoms with van der Waals surface area (Å²) in [5, 5.41) is 7.39. The number of halogens is 1. The number of carbonyl (C=O) groups is 1. The molecule has 30 heavy (non-hydrogen) atoms. The number of anilines is 3. The second-order valence-corrected chi connectivity index (χ2v) is 8.70. The molecule has 0 aromatic carbocycles. The van der Waals surface area contributed by atoms with Gasteiger partial charge in [0.2, 0.25) is 0 Å². The lowest BCUT2D eigenvalue weighted by Gasteiger charge is -2.28. The summed E-state index contributed by atoms with van der Waals surface area (Å²) in [6.07, 6.45) is 13.0. The minimum atomic E-state index is -0.209. The molecule has 2 aliphatic rings. The molecule has 3 heterocycles. The first-order chi connectivity index (χ1) is 14.6. The van der Waals surface area contributed by atoms with Gasteiger partial charge in [0.1, 0.15) is 22.3 Å². The number of hydrogen-bond donors (Lipinski definition) is 2. The van der Waals surface area contributed by atoms with Crippen molar-refractivity contribution in [3.63, 3.8) is 0 Å². The standard InChI is InChI=1S/C21H23ClN6OS/c1-14-24-18(12-19(25-14)28-9-5-2-6-10-28)27-21-23-13-17(30-21)20(29)26-16-8-4-3-7-15(22)11-16/h3-4,7-8,12-13H,2,5-6,9-11H2,1H3,(H,26,29)(H,23,24,25,27). The van der Waals surface area contributed by atoms with Crippen LogP contribution in [0.1, 0.15) is 41.2 Å². The smallest absolute Gasteiger partial charge is 0.267 e. The largest absolute Gasteiger partial charge is 0.356 e. The van der Waals surface area contributed by atoms with Gasteiger partial charge in [-0.25, -0.2) is 15.0 Å². The highest BCUT2D eigenvalue weighted by atomic mass is 35.5. The lowest BCUT2D eigenvalue weighted by Crippen LogP contribution is -2.30. The summed E-state index contributed by atoms with van der Waals surface area (Å²) in [6.45, 7) is 3.91. The van der Waals surface area contributed by atoms with Crippen molar-refractivity contribution in [2.75, 3.05) is 23.3 Å². The molecule has 0 saturated carbocycles. The van der Waals surface area contributed by atoms with Crippen LogP contribution in [-0.2, 0) is 0 Å². The molecule has 2 aromatic rings. The third kappa shape index (κ3) is 5.25. The van der Waals surface area contributed by atoms with Crippen molar-refractivity contribution in [3.8, 4) is 0 Å². The van der Waals surface area contributed by atoms with E-state index in [4.69, 9.17) is 11.6 Å². The fraction of sp³-hybridized carbons (Fsp3) is 0.333. The number of aryl methyl sites for hydroxylation is 1. The number of thiazole rings is 1. The normalized spacial score (nSPS) is 16.5. The number of carbonyl (C=O) groups excluding carboxylic acids is 1. The molecule has 1 aliphatic heterocycles. The van der Waals surface area contributed by atoms with Gasteiger partial charge in [-0.15, -0.1) is 0 Å². The number of aromatic nitrogens is 3. The number of hydrogen-bond acceptors (Lipinski definition) is 7. The summed E-state index contributed by atoms with van der Waals surface area (Å²) in [5.74, 6) is 2.10. The highest BCUT2D eigenvalue weighted by molar-refractivity contribution is 7.17. The van der Waals surface area contributed by atoms with E-state index >= 15 is 0 Å². The number of nitrogens with zero attached hydrogens (tertiary/aromatic N) is 4. The van der Waals surface area contributed by atoms with Gasteiger partial charge >= 0.3 is 0 Å².